The van der Waals surface area contributed by atoms with Crippen molar-refractivity contribution in [2.75, 3.05) is 7.11 Å². The highest BCUT2D eigenvalue weighted by Gasteiger charge is 2.34. The van der Waals surface area contributed by atoms with Gasteiger partial charge in [-0.3, -0.25) is 0 Å². The van der Waals surface area contributed by atoms with Crippen LogP contribution in [0.15, 0.2) is 54.4 Å². The number of fused-ring (bicyclic) bond motifs is 3. The number of rotatable bonds is 3. The quantitative estimate of drug-likeness (QED) is 0.947. The molecule has 0 radical (unpaired) electrons. The number of hydrogen-bond acceptors (Lipinski definition) is 3. The molecule has 2 aliphatic rings. The topological polar surface area (TPSA) is 64.4 Å². The van der Waals surface area contributed by atoms with Gasteiger partial charge in [0.25, 0.3) is 0 Å². The molecule has 0 saturated heterocycles. The number of aromatic nitrogens is 2. The van der Waals surface area contributed by atoms with Gasteiger partial charge in [-0.15, -0.1) is 0 Å². The van der Waals surface area contributed by atoms with Crippen molar-refractivity contribution >= 4 is 5.97 Å². The third kappa shape index (κ3) is 2.25. The summed E-state index contributed by atoms with van der Waals surface area (Å²) in [5.41, 5.74) is 3.28. The lowest BCUT2D eigenvalue weighted by Gasteiger charge is -2.18. The maximum Gasteiger partial charge on any atom is 0.335 e. The molecule has 1 N–H and O–H groups in total. The first kappa shape index (κ1) is 13.8. The van der Waals surface area contributed by atoms with Crippen molar-refractivity contribution in [3.8, 4) is 5.69 Å². The molecule has 0 aliphatic heterocycles. The van der Waals surface area contributed by atoms with Crippen LogP contribution in [0.25, 0.3) is 5.69 Å². The summed E-state index contributed by atoms with van der Waals surface area (Å²) in [4.78, 5) is 11.1. The molecular formula is C18H16N2O3. The van der Waals surface area contributed by atoms with E-state index in [1.165, 1.54) is 5.56 Å². The maximum atomic E-state index is 11.1. The smallest absolute Gasteiger partial charge is 0.335 e. The second kappa shape index (κ2) is 5.12. The number of hydrogen-bond donors (Lipinski definition) is 1. The van der Waals surface area contributed by atoms with E-state index in [9.17, 15) is 4.79 Å². The molecule has 0 bridgehead atoms. The second-order valence-electron chi connectivity index (χ2n) is 5.87. The fraction of sp³-hybridized carbons (Fsp3) is 0.222. The van der Waals surface area contributed by atoms with Crippen LogP contribution in [0.3, 0.4) is 0 Å². The normalized spacial score (nSPS) is 21.5. The van der Waals surface area contributed by atoms with E-state index >= 15 is 0 Å². The second-order valence-corrected chi connectivity index (χ2v) is 5.87. The summed E-state index contributed by atoms with van der Waals surface area (Å²) in [6, 6.07) is 6.82. The Balaban J connectivity index is 1.71. The molecule has 5 heteroatoms. The number of aromatic carboxylic acids is 1. The average Bonchev–Trinajstić information content (AvgIpc) is 3.12. The zero-order valence-electron chi connectivity index (χ0n) is 12.6. The van der Waals surface area contributed by atoms with E-state index in [1.54, 1.807) is 30.0 Å². The summed E-state index contributed by atoms with van der Waals surface area (Å²) in [6.45, 7) is 0. The Morgan fingerprint density at radius 1 is 1.43 bits per heavy atom. The van der Waals surface area contributed by atoms with Crippen molar-refractivity contribution < 1.29 is 14.6 Å². The van der Waals surface area contributed by atoms with Crippen LogP contribution in [0, 0.1) is 5.92 Å². The van der Waals surface area contributed by atoms with Crippen LogP contribution in [0.4, 0.5) is 0 Å². The van der Waals surface area contributed by atoms with E-state index < -0.39 is 5.97 Å². The average molecular weight is 308 g/mol. The molecule has 0 spiro atoms. The molecule has 2 aliphatic carbocycles. The molecule has 23 heavy (non-hydrogen) atoms. The molecule has 0 saturated carbocycles. The summed E-state index contributed by atoms with van der Waals surface area (Å²) in [5, 5.41) is 13.8. The van der Waals surface area contributed by atoms with Crippen molar-refractivity contribution in [2.24, 2.45) is 5.92 Å². The van der Waals surface area contributed by atoms with Gasteiger partial charge in [-0.25, -0.2) is 9.48 Å². The Morgan fingerprint density at radius 2 is 2.30 bits per heavy atom. The van der Waals surface area contributed by atoms with Crippen molar-refractivity contribution in [2.45, 2.75) is 12.3 Å². The zero-order valence-corrected chi connectivity index (χ0v) is 12.6. The van der Waals surface area contributed by atoms with Gasteiger partial charge in [0.2, 0.25) is 0 Å². The third-order valence-corrected chi connectivity index (χ3v) is 4.50. The third-order valence-electron chi connectivity index (χ3n) is 4.50. The van der Waals surface area contributed by atoms with Gasteiger partial charge in [0.15, 0.2) is 0 Å². The molecule has 1 aromatic carbocycles. The Morgan fingerprint density at radius 3 is 3.09 bits per heavy atom. The van der Waals surface area contributed by atoms with Gasteiger partial charge >= 0.3 is 5.97 Å². The Bertz CT molecular complexity index is 848. The number of ether oxygens (including phenoxy) is 1. The Kier molecular flexibility index (Phi) is 3.08. The number of methoxy groups -OCH3 is 1. The number of allylic oxidation sites excluding steroid dienone is 3. The van der Waals surface area contributed by atoms with E-state index in [0.29, 0.717) is 5.92 Å². The lowest BCUT2D eigenvalue weighted by Crippen LogP contribution is -2.10. The molecule has 2 atom stereocenters. The minimum atomic E-state index is -0.934. The molecule has 4 rings (SSSR count). The van der Waals surface area contributed by atoms with Crippen molar-refractivity contribution in [1.82, 2.24) is 9.78 Å². The number of carboxylic acid groups (broad SMARTS) is 1. The molecule has 2 aromatic rings. The predicted octanol–water partition coefficient (Wildman–Crippen LogP) is 2.93. The summed E-state index contributed by atoms with van der Waals surface area (Å²) >= 11 is 0. The van der Waals surface area contributed by atoms with Crippen molar-refractivity contribution in [3.05, 3.63) is 71.3 Å². The summed E-state index contributed by atoms with van der Waals surface area (Å²) in [5.74, 6) is 0.596. The van der Waals surface area contributed by atoms with E-state index in [4.69, 9.17) is 14.9 Å². The van der Waals surface area contributed by atoms with E-state index in [-0.39, 0.29) is 11.5 Å². The largest absolute Gasteiger partial charge is 0.497 e. The fourth-order valence-corrected chi connectivity index (χ4v) is 3.34. The summed E-state index contributed by atoms with van der Waals surface area (Å²) < 4.78 is 7.09. The highest BCUT2D eigenvalue weighted by atomic mass is 16.5. The summed E-state index contributed by atoms with van der Waals surface area (Å²) in [7, 11) is 1.67. The van der Waals surface area contributed by atoms with Crippen molar-refractivity contribution in [3.63, 3.8) is 0 Å². The maximum absolute atomic E-state index is 11.1. The van der Waals surface area contributed by atoms with Gasteiger partial charge < -0.3 is 9.84 Å². The van der Waals surface area contributed by atoms with E-state index in [0.717, 1.165) is 23.6 Å². The SMILES string of the molecule is COC1=CC2c3nn(-c4cccc(C(=O)O)c4)cc3CC2C=C1. The van der Waals surface area contributed by atoms with Crippen LogP contribution in [-0.2, 0) is 11.2 Å². The minimum Gasteiger partial charge on any atom is -0.497 e. The van der Waals surface area contributed by atoms with Gasteiger partial charge in [0.05, 0.1) is 24.1 Å². The highest BCUT2D eigenvalue weighted by molar-refractivity contribution is 5.88. The number of carboxylic acids is 1. The standard InChI is InChI=1S/C18H16N2O3/c1-23-15-6-5-11-7-13-10-20(19-17(13)16(11)9-15)14-4-2-3-12(8-14)18(21)22/h2-6,8-11,16H,7H2,1H3,(H,21,22). The predicted molar refractivity (Wildman–Crippen MR) is 84.7 cm³/mol. The number of carbonyl (C=O) groups is 1. The van der Waals surface area contributed by atoms with Crippen LogP contribution in [0.1, 0.15) is 27.5 Å². The molecule has 116 valence electrons. The minimum absolute atomic E-state index is 0.230. The first-order chi connectivity index (χ1) is 11.2. The molecule has 1 heterocycles. The molecule has 0 amide bonds. The van der Waals surface area contributed by atoms with Crippen LogP contribution in [0.5, 0.6) is 0 Å². The molecular weight excluding hydrogens is 292 g/mol. The van der Waals surface area contributed by atoms with Crippen molar-refractivity contribution in [1.29, 1.82) is 0 Å². The van der Waals surface area contributed by atoms with Crippen LogP contribution < -0.4 is 0 Å². The lowest BCUT2D eigenvalue weighted by atomic mass is 9.90. The Hall–Kier alpha value is -2.82. The first-order valence-electron chi connectivity index (χ1n) is 7.52. The molecule has 1 aromatic heterocycles. The first-order valence-corrected chi connectivity index (χ1v) is 7.52. The summed E-state index contributed by atoms with van der Waals surface area (Å²) in [6.07, 6.45) is 9.25. The van der Waals surface area contributed by atoms with Crippen LogP contribution in [-0.4, -0.2) is 28.0 Å². The van der Waals surface area contributed by atoms with Crippen LogP contribution in [0.2, 0.25) is 0 Å². The Labute approximate surface area is 133 Å². The van der Waals surface area contributed by atoms with Gasteiger partial charge in [0.1, 0.15) is 5.76 Å². The fourth-order valence-electron chi connectivity index (χ4n) is 3.34. The van der Waals surface area contributed by atoms with Gasteiger partial charge in [-0.05, 0) is 48.3 Å². The molecule has 5 nitrogen and oxygen atoms in total. The highest BCUT2D eigenvalue weighted by Crippen LogP contribution is 2.42. The van der Waals surface area contributed by atoms with E-state index in [1.807, 2.05) is 18.3 Å². The van der Waals surface area contributed by atoms with E-state index in [2.05, 4.69) is 12.2 Å². The number of nitrogens with zero attached hydrogens (tertiary/aromatic N) is 2. The zero-order chi connectivity index (χ0) is 16.0. The number of benzene rings is 1. The van der Waals surface area contributed by atoms with Gasteiger partial charge in [-0.1, -0.05) is 12.1 Å². The van der Waals surface area contributed by atoms with Gasteiger partial charge in [-0.2, -0.15) is 5.10 Å². The van der Waals surface area contributed by atoms with Crippen LogP contribution >= 0.6 is 0 Å². The van der Waals surface area contributed by atoms with Gasteiger partial charge in [0, 0.05) is 12.1 Å². The monoisotopic (exact) mass is 308 g/mol. The molecule has 2 unspecified atom stereocenters. The lowest BCUT2D eigenvalue weighted by molar-refractivity contribution is 0.0697. The molecule has 0 fully saturated rings.